The summed E-state index contributed by atoms with van der Waals surface area (Å²) in [7, 11) is 3.29. The van der Waals surface area contributed by atoms with Gasteiger partial charge in [0.25, 0.3) is 5.91 Å². The van der Waals surface area contributed by atoms with Crippen molar-refractivity contribution in [2.24, 2.45) is 0 Å². The molecular weight excluding hydrogens is 284 g/mol. The van der Waals surface area contributed by atoms with Crippen molar-refractivity contribution in [1.29, 1.82) is 0 Å². The summed E-state index contributed by atoms with van der Waals surface area (Å²) in [5.41, 5.74) is 7.75. The molecule has 3 N–H and O–H groups in total. The van der Waals surface area contributed by atoms with Crippen LogP contribution < -0.4 is 11.1 Å². The van der Waals surface area contributed by atoms with Crippen LogP contribution in [0.15, 0.2) is 24.5 Å². The summed E-state index contributed by atoms with van der Waals surface area (Å²) in [5.74, 6) is -0.295. The van der Waals surface area contributed by atoms with Gasteiger partial charge in [-0.05, 0) is 19.1 Å². The van der Waals surface area contributed by atoms with Crippen LogP contribution in [0.25, 0.3) is 0 Å². The number of nitrogen functional groups attached to an aromatic ring is 1. The number of nitrogens with zero attached hydrogens (tertiary/aromatic N) is 4. The van der Waals surface area contributed by atoms with Gasteiger partial charge >= 0.3 is 6.03 Å². The van der Waals surface area contributed by atoms with Gasteiger partial charge in [-0.25, -0.2) is 4.79 Å². The van der Waals surface area contributed by atoms with Crippen LogP contribution >= 0.6 is 0 Å². The van der Waals surface area contributed by atoms with E-state index in [0.717, 1.165) is 0 Å². The fraction of sp³-hybridized carbons (Fsp3) is 0.286. The molecule has 0 aliphatic carbocycles. The third-order valence-electron chi connectivity index (χ3n) is 3.13. The molecule has 0 aliphatic heterocycles. The molecule has 8 heteroatoms. The summed E-state index contributed by atoms with van der Waals surface area (Å²) in [6, 6.07) is 2.99. The number of nitrogens with two attached hydrogens (primary N) is 1. The minimum atomic E-state index is -0.295. The number of nitrogens with one attached hydrogen (secondary N) is 1. The highest BCUT2D eigenvalue weighted by Crippen LogP contribution is 2.12. The number of hydrogen-bond acceptors (Lipinski definition) is 5. The lowest BCUT2D eigenvalue weighted by Gasteiger charge is -2.12. The minimum Gasteiger partial charge on any atom is -0.396 e. The van der Waals surface area contributed by atoms with Gasteiger partial charge in [-0.1, -0.05) is 0 Å². The Morgan fingerprint density at radius 2 is 2.14 bits per heavy atom. The summed E-state index contributed by atoms with van der Waals surface area (Å²) < 4.78 is 1.24. The number of hydrogen-bond donors (Lipinski definition) is 2. The number of urea groups is 1. The number of rotatable bonds is 3. The molecule has 0 saturated heterocycles. The van der Waals surface area contributed by atoms with Gasteiger partial charge in [-0.2, -0.15) is 9.78 Å². The average molecular weight is 302 g/mol. The number of aromatic nitrogens is 3. The van der Waals surface area contributed by atoms with Gasteiger partial charge < -0.3 is 16.0 Å². The molecular formula is C14H18N6O2. The summed E-state index contributed by atoms with van der Waals surface area (Å²) in [5, 5.41) is 6.65. The van der Waals surface area contributed by atoms with Crippen molar-refractivity contribution < 1.29 is 9.59 Å². The lowest BCUT2D eigenvalue weighted by Crippen LogP contribution is -2.34. The largest absolute Gasteiger partial charge is 0.396 e. The van der Waals surface area contributed by atoms with Crippen LogP contribution in [0, 0.1) is 6.92 Å². The number of carbonyl (C=O) groups is 2. The molecule has 116 valence electrons. The second-order valence-electron chi connectivity index (χ2n) is 4.99. The van der Waals surface area contributed by atoms with Gasteiger partial charge in [0.1, 0.15) is 0 Å². The lowest BCUT2D eigenvalue weighted by molar-refractivity contribution is 0.0942. The number of pyridine rings is 1. The number of carbonyl (C=O) groups excluding carboxylic acids is 2. The molecule has 2 heterocycles. The Labute approximate surface area is 127 Å². The van der Waals surface area contributed by atoms with E-state index in [4.69, 9.17) is 5.73 Å². The van der Waals surface area contributed by atoms with E-state index in [9.17, 15) is 9.59 Å². The molecule has 2 amide bonds. The Kier molecular flexibility index (Phi) is 4.40. The highest BCUT2D eigenvalue weighted by molar-refractivity contribution is 5.96. The molecule has 0 unspecified atom stereocenters. The van der Waals surface area contributed by atoms with E-state index in [0.29, 0.717) is 22.6 Å². The molecule has 22 heavy (non-hydrogen) atoms. The van der Waals surface area contributed by atoms with Gasteiger partial charge in [0.05, 0.1) is 29.8 Å². The zero-order valence-electron chi connectivity index (χ0n) is 12.7. The number of amides is 2. The van der Waals surface area contributed by atoms with Crippen molar-refractivity contribution in [3.63, 3.8) is 0 Å². The molecule has 0 fully saturated rings. The Bertz CT molecular complexity index is 707. The monoisotopic (exact) mass is 302 g/mol. The molecule has 0 spiro atoms. The van der Waals surface area contributed by atoms with Crippen LogP contribution in [0.1, 0.15) is 21.7 Å². The van der Waals surface area contributed by atoms with Gasteiger partial charge in [0.15, 0.2) is 0 Å². The van der Waals surface area contributed by atoms with Gasteiger partial charge in [-0.3, -0.25) is 9.78 Å². The highest BCUT2D eigenvalue weighted by atomic mass is 16.2. The predicted molar refractivity (Wildman–Crippen MR) is 81.3 cm³/mol. The van der Waals surface area contributed by atoms with Gasteiger partial charge in [-0.15, -0.1) is 0 Å². The van der Waals surface area contributed by atoms with Crippen LogP contribution in [0.2, 0.25) is 0 Å². The summed E-state index contributed by atoms with van der Waals surface area (Å²) >= 11 is 0. The van der Waals surface area contributed by atoms with Gasteiger partial charge in [0.2, 0.25) is 0 Å². The van der Waals surface area contributed by atoms with E-state index < -0.39 is 0 Å². The molecule has 0 bridgehead atoms. The Balaban J connectivity index is 2.16. The van der Waals surface area contributed by atoms with Crippen molar-refractivity contribution in [2.75, 3.05) is 19.8 Å². The van der Waals surface area contributed by atoms with Crippen LogP contribution in [0.4, 0.5) is 10.5 Å². The maximum absolute atomic E-state index is 12.4. The predicted octanol–water partition coefficient (Wildman–Crippen LogP) is 0.628. The molecule has 2 aromatic heterocycles. The summed E-state index contributed by atoms with van der Waals surface area (Å²) in [6.45, 7) is 1.96. The first-order valence-electron chi connectivity index (χ1n) is 6.65. The second kappa shape index (κ2) is 6.25. The first kappa shape index (κ1) is 15.5. The van der Waals surface area contributed by atoms with Crippen molar-refractivity contribution in [3.8, 4) is 0 Å². The first-order chi connectivity index (χ1) is 10.4. The molecule has 2 rings (SSSR count). The smallest absolute Gasteiger partial charge is 0.317 e. The fourth-order valence-corrected chi connectivity index (χ4v) is 1.78. The normalized spacial score (nSPS) is 10.3. The molecule has 0 saturated carbocycles. The molecule has 0 atom stereocenters. The molecule has 8 nitrogen and oxygen atoms in total. The lowest BCUT2D eigenvalue weighted by atomic mass is 10.2. The molecule has 0 radical (unpaired) electrons. The fourth-order valence-electron chi connectivity index (χ4n) is 1.78. The van der Waals surface area contributed by atoms with E-state index in [1.807, 2.05) is 0 Å². The van der Waals surface area contributed by atoms with Crippen LogP contribution in [-0.4, -0.2) is 45.7 Å². The number of anilines is 1. The van der Waals surface area contributed by atoms with Crippen LogP contribution in [-0.2, 0) is 6.54 Å². The average Bonchev–Trinajstić information content (AvgIpc) is 2.84. The Hall–Kier alpha value is -2.90. The van der Waals surface area contributed by atoms with Crippen LogP contribution in [0.3, 0.4) is 0 Å². The third kappa shape index (κ3) is 3.22. The van der Waals surface area contributed by atoms with Gasteiger partial charge in [0, 0.05) is 25.9 Å². The minimum absolute atomic E-state index is 0.228. The maximum atomic E-state index is 12.4. The van der Waals surface area contributed by atoms with E-state index in [2.05, 4.69) is 15.4 Å². The van der Waals surface area contributed by atoms with Crippen molar-refractivity contribution in [1.82, 2.24) is 25.0 Å². The Morgan fingerprint density at radius 3 is 2.73 bits per heavy atom. The summed E-state index contributed by atoms with van der Waals surface area (Å²) in [6.07, 6.45) is 2.96. The highest BCUT2D eigenvalue weighted by Gasteiger charge is 2.14. The quantitative estimate of drug-likeness (QED) is 0.865. The van der Waals surface area contributed by atoms with Crippen molar-refractivity contribution in [2.45, 2.75) is 13.5 Å². The first-order valence-corrected chi connectivity index (χ1v) is 6.65. The molecule has 2 aromatic rings. The van der Waals surface area contributed by atoms with Crippen molar-refractivity contribution >= 4 is 17.6 Å². The second-order valence-corrected chi connectivity index (χ2v) is 4.99. The topological polar surface area (TPSA) is 106 Å². The van der Waals surface area contributed by atoms with E-state index in [1.165, 1.54) is 22.0 Å². The third-order valence-corrected chi connectivity index (χ3v) is 3.13. The van der Waals surface area contributed by atoms with E-state index in [1.54, 1.807) is 33.2 Å². The van der Waals surface area contributed by atoms with E-state index >= 15 is 0 Å². The SMILES string of the molecule is Cc1c(N)cnn1C(=O)c1ccnc(CNC(=O)N(C)C)c1. The van der Waals surface area contributed by atoms with Crippen LogP contribution in [0.5, 0.6) is 0 Å². The van der Waals surface area contributed by atoms with Crippen molar-refractivity contribution in [3.05, 3.63) is 41.5 Å². The zero-order valence-corrected chi connectivity index (χ0v) is 12.7. The molecule has 0 aliphatic rings. The summed E-state index contributed by atoms with van der Waals surface area (Å²) in [4.78, 5) is 29.5. The van der Waals surface area contributed by atoms with E-state index in [-0.39, 0.29) is 18.5 Å². The molecule has 0 aromatic carbocycles. The zero-order chi connectivity index (χ0) is 16.3. The standard InChI is InChI=1S/C14H18N6O2/c1-9-12(15)8-18-20(9)13(21)10-4-5-16-11(6-10)7-17-14(22)19(2)3/h4-6,8H,7,15H2,1-3H3,(H,17,22). The Morgan fingerprint density at radius 1 is 1.41 bits per heavy atom. The maximum Gasteiger partial charge on any atom is 0.317 e.